The second-order valence-corrected chi connectivity index (χ2v) is 22.0. The van der Waals surface area contributed by atoms with E-state index in [1.165, 1.54) is 27.8 Å². The fraction of sp³-hybridized carbons (Fsp3) is 0.308. The Morgan fingerprint density at radius 2 is 0.935 bits per heavy atom. The molecule has 0 fully saturated rings. The zero-order chi connectivity index (χ0) is 22.5. The number of nitrogens with one attached hydrogen (secondary N) is 2. The van der Waals surface area contributed by atoms with Gasteiger partial charge >= 0.3 is 0 Å². The van der Waals surface area contributed by atoms with Gasteiger partial charge in [-0.05, 0) is 40.9 Å². The Hall–Kier alpha value is -1.88. The standard InChI is InChI=1S/C26H37N2PSi2/c1-30(2,3)27-25-18-12-10-14-22(25)20-29(24-16-8-7-9-17-24)21-23-15-11-13-19-26(23)28-31(4,5)6/h7-19,27-28H,20-21H2,1-6H3. The van der Waals surface area contributed by atoms with Crippen LogP contribution in [0.2, 0.25) is 39.3 Å². The molecule has 0 bridgehead atoms. The highest BCUT2D eigenvalue weighted by atomic mass is 31.1. The van der Waals surface area contributed by atoms with E-state index in [-0.39, 0.29) is 7.92 Å². The Bertz CT molecular complexity index is 917. The molecule has 0 aromatic heterocycles. The number of hydrogen-bond donors (Lipinski definition) is 2. The molecule has 2 N–H and O–H groups in total. The molecule has 0 unspecified atom stereocenters. The van der Waals surface area contributed by atoms with Crippen molar-refractivity contribution in [1.82, 2.24) is 0 Å². The number of anilines is 2. The topological polar surface area (TPSA) is 24.1 Å². The van der Waals surface area contributed by atoms with E-state index in [1.807, 2.05) is 0 Å². The van der Waals surface area contributed by atoms with Crippen LogP contribution in [0, 0.1) is 0 Å². The van der Waals surface area contributed by atoms with E-state index in [1.54, 1.807) is 0 Å². The van der Waals surface area contributed by atoms with Crippen molar-refractivity contribution in [3.63, 3.8) is 0 Å². The van der Waals surface area contributed by atoms with E-state index >= 15 is 0 Å². The largest absolute Gasteiger partial charge is 0.411 e. The van der Waals surface area contributed by atoms with Crippen LogP contribution in [0.4, 0.5) is 11.4 Å². The van der Waals surface area contributed by atoms with Gasteiger partial charge in [0.2, 0.25) is 0 Å². The fourth-order valence-corrected chi connectivity index (χ4v) is 8.21. The van der Waals surface area contributed by atoms with Crippen LogP contribution in [-0.2, 0) is 12.3 Å². The molecule has 164 valence electrons. The van der Waals surface area contributed by atoms with Gasteiger partial charge < -0.3 is 9.96 Å². The van der Waals surface area contributed by atoms with Crippen molar-refractivity contribution in [1.29, 1.82) is 0 Å². The van der Waals surface area contributed by atoms with Gasteiger partial charge in [-0.2, -0.15) is 0 Å². The van der Waals surface area contributed by atoms with Crippen LogP contribution in [0.1, 0.15) is 11.1 Å². The van der Waals surface area contributed by atoms with Crippen LogP contribution >= 0.6 is 7.92 Å². The van der Waals surface area contributed by atoms with Gasteiger partial charge in [0.1, 0.15) is 16.5 Å². The highest BCUT2D eigenvalue weighted by Gasteiger charge is 2.20. The summed E-state index contributed by atoms with van der Waals surface area (Å²) < 4.78 is 0. The molecule has 0 spiro atoms. The molecule has 0 amide bonds. The molecule has 0 saturated carbocycles. The SMILES string of the molecule is C[Si](C)(C)Nc1ccccc1CP(Cc1ccccc1N[Si](C)(C)C)c1ccccc1. The first-order chi connectivity index (χ1) is 14.6. The Labute approximate surface area is 192 Å². The monoisotopic (exact) mass is 464 g/mol. The molecule has 31 heavy (non-hydrogen) atoms. The third-order valence-electron chi connectivity index (χ3n) is 4.90. The molecule has 3 rings (SSSR count). The van der Waals surface area contributed by atoms with Gasteiger partial charge in [0.25, 0.3) is 0 Å². The van der Waals surface area contributed by atoms with Crippen LogP contribution in [0.15, 0.2) is 78.9 Å². The average Bonchev–Trinajstić information content (AvgIpc) is 2.69. The fourth-order valence-electron chi connectivity index (χ4n) is 3.66. The maximum atomic E-state index is 3.86. The summed E-state index contributed by atoms with van der Waals surface area (Å²) >= 11 is 0. The minimum atomic E-state index is -1.42. The van der Waals surface area contributed by atoms with Crippen LogP contribution in [0.5, 0.6) is 0 Å². The molecule has 3 aromatic carbocycles. The van der Waals surface area contributed by atoms with Gasteiger partial charge in [0.05, 0.1) is 0 Å². The normalized spacial score (nSPS) is 12.1. The van der Waals surface area contributed by atoms with Gasteiger partial charge in [-0.3, -0.25) is 0 Å². The molecule has 0 aliphatic rings. The van der Waals surface area contributed by atoms with Gasteiger partial charge in [-0.25, -0.2) is 0 Å². The molecule has 0 heterocycles. The van der Waals surface area contributed by atoms with Gasteiger partial charge in [-0.1, -0.05) is 114 Å². The summed E-state index contributed by atoms with van der Waals surface area (Å²) in [4.78, 5) is 7.71. The predicted octanol–water partition coefficient (Wildman–Crippen LogP) is 7.69. The number of hydrogen-bond acceptors (Lipinski definition) is 2. The average molecular weight is 465 g/mol. The minimum absolute atomic E-state index is 0.373. The summed E-state index contributed by atoms with van der Waals surface area (Å²) in [6.07, 6.45) is 2.18. The molecule has 5 heteroatoms. The van der Waals surface area contributed by atoms with Gasteiger partial charge in [-0.15, -0.1) is 0 Å². The molecular weight excluding hydrogens is 427 g/mol. The third kappa shape index (κ3) is 7.64. The Balaban J connectivity index is 1.94. The number of benzene rings is 3. The zero-order valence-corrected chi connectivity index (χ0v) is 22.8. The van der Waals surface area contributed by atoms with Crippen LogP contribution < -0.4 is 15.3 Å². The maximum absolute atomic E-state index is 3.86. The van der Waals surface area contributed by atoms with E-state index in [4.69, 9.17) is 0 Å². The van der Waals surface area contributed by atoms with Crippen molar-refractivity contribution in [3.05, 3.63) is 90.0 Å². The van der Waals surface area contributed by atoms with Crippen LogP contribution in [0.25, 0.3) is 0 Å². The summed E-state index contributed by atoms with van der Waals surface area (Å²) in [6, 6.07) is 28.9. The van der Waals surface area contributed by atoms with E-state index in [9.17, 15) is 0 Å². The van der Waals surface area contributed by atoms with Crippen LogP contribution in [0.3, 0.4) is 0 Å². The molecule has 3 aromatic rings. The summed E-state index contributed by atoms with van der Waals surface area (Å²) in [7, 11) is -3.21. The zero-order valence-electron chi connectivity index (χ0n) is 19.9. The molecule has 0 atom stereocenters. The lowest BCUT2D eigenvalue weighted by molar-refractivity contribution is 1.32. The van der Waals surface area contributed by atoms with Crippen molar-refractivity contribution in [2.24, 2.45) is 0 Å². The molecule has 0 saturated heterocycles. The first-order valence-corrected chi connectivity index (χ1v) is 19.8. The number of para-hydroxylation sites is 2. The Kier molecular flexibility index (Phi) is 7.79. The van der Waals surface area contributed by atoms with Gasteiger partial charge in [0.15, 0.2) is 0 Å². The molecule has 0 radical (unpaired) electrons. The quantitative estimate of drug-likeness (QED) is 0.250. The smallest absolute Gasteiger partial charge is 0.144 e. The van der Waals surface area contributed by atoms with Crippen molar-refractivity contribution in [2.45, 2.75) is 51.6 Å². The molecular formula is C26H37N2PSi2. The maximum Gasteiger partial charge on any atom is 0.144 e. The summed E-state index contributed by atoms with van der Waals surface area (Å²) in [5.41, 5.74) is 5.52. The summed E-state index contributed by atoms with van der Waals surface area (Å²) in [5.74, 6) is 0. The van der Waals surface area contributed by atoms with E-state index in [0.29, 0.717) is 0 Å². The van der Waals surface area contributed by atoms with E-state index < -0.39 is 16.5 Å². The third-order valence-corrected chi connectivity index (χ3v) is 9.41. The first kappa shape index (κ1) is 23.8. The second-order valence-electron chi connectivity index (χ2n) is 10.3. The molecule has 2 nitrogen and oxygen atoms in total. The predicted molar refractivity (Wildman–Crippen MR) is 147 cm³/mol. The highest BCUT2D eigenvalue weighted by Crippen LogP contribution is 2.45. The Morgan fingerprint density at radius 3 is 1.35 bits per heavy atom. The van der Waals surface area contributed by atoms with Crippen molar-refractivity contribution in [2.75, 3.05) is 9.96 Å². The van der Waals surface area contributed by atoms with Crippen molar-refractivity contribution in [3.8, 4) is 0 Å². The van der Waals surface area contributed by atoms with Crippen molar-refractivity contribution < 1.29 is 0 Å². The summed E-state index contributed by atoms with van der Waals surface area (Å²) in [5, 5.41) is 1.48. The summed E-state index contributed by atoms with van der Waals surface area (Å²) in [6.45, 7) is 14.2. The number of rotatable bonds is 9. The second kappa shape index (κ2) is 10.2. The Morgan fingerprint density at radius 1 is 0.548 bits per heavy atom. The van der Waals surface area contributed by atoms with E-state index in [2.05, 4.69) is 128 Å². The minimum Gasteiger partial charge on any atom is -0.411 e. The lowest BCUT2D eigenvalue weighted by Gasteiger charge is -2.26. The van der Waals surface area contributed by atoms with Gasteiger partial charge in [0, 0.05) is 11.4 Å². The molecule has 0 aliphatic heterocycles. The first-order valence-electron chi connectivity index (χ1n) is 11.1. The van der Waals surface area contributed by atoms with Crippen molar-refractivity contribution >= 4 is 41.1 Å². The highest BCUT2D eigenvalue weighted by molar-refractivity contribution is 7.64. The lowest BCUT2D eigenvalue weighted by atomic mass is 10.2. The van der Waals surface area contributed by atoms with Crippen LogP contribution in [-0.4, -0.2) is 16.5 Å². The molecule has 0 aliphatic carbocycles. The lowest BCUT2D eigenvalue weighted by Crippen LogP contribution is -2.32. The van der Waals surface area contributed by atoms with E-state index in [0.717, 1.165) is 12.3 Å².